The molecule has 1 aromatic carbocycles. The molecule has 0 bridgehead atoms. The van der Waals surface area contributed by atoms with E-state index in [1.807, 2.05) is 19.1 Å². The summed E-state index contributed by atoms with van der Waals surface area (Å²) in [6.07, 6.45) is 1.71. The molecule has 0 unspecified atom stereocenters. The lowest BCUT2D eigenvalue weighted by Crippen LogP contribution is -2.19. The molecule has 0 aromatic heterocycles. The van der Waals surface area contributed by atoms with Crippen molar-refractivity contribution in [3.05, 3.63) is 23.8 Å². The number of carbonyl (C=O) groups is 2. The normalized spacial score (nSPS) is 13.9. The standard InChI is InChI=1S/C12H14N2O2/c1-2-11(15)13-9-4-5-10-8(7-9)3-6-12(16)14-10/h4-5,7H,2-3,6H2,1H3,(H,13,15)(H,14,16). The summed E-state index contributed by atoms with van der Waals surface area (Å²) in [4.78, 5) is 22.4. The van der Waals surface area contributed by atoms with Crippen molar-refractivity contribution in [2.75, 3.05) is 10.6 Å². The lowest BCUT2D eigenvalue weighted by Gasteiger charge is -2.17. The van der Waals surface area contributed by atoms with Gasteiger partial charge in [0.15, 0.2) is 0 Å². The molecule has 1 aliphatic heterocycles. The Kier molecular flexibility index (Phi) is 2.90. The van der Waals surface area contributed by atoms with E-state index in [1.165, 1.54) is 0 Å². The van der Waals surface area contributed by atoms with Crippen LogP contribution in [0.3, 0.4) is 0 Å². The van der Waals surface area contributed by atoms with Gasteiger partial charge in [0.25, 0.3) is 0 Å². The van der Waals surface area contributed by atoms with Crippen LogP contribution in [-0.4, -0.2) is 11.8 Å². The Morgan fingerprint density at radius 3 is 3.00 bits per heavy atom. The van der Waals surface area contributed by atoms with Gasteiger partial charge in [-0.15, -0.1) is 0 Å². The molecule has 84 valence electrons. The molecule has 0 radical (unpaired) electrons. The molecule has 0 saturated carbocycles. The molecule has 16 heavy (non-hydrogen) atoms. The number of carbonyl (C=O) groups excluding carboxylic acids is 2. The molecule has 1 heterocycles. The number of fused-ring (bicyclic) bond motifs is 1. The van der Waals surface area contributed by atoms with Gasteiger partial charge in [-0.05, 0) is 30.2 Å². The zero-order chi connectivity index (χ0) is 11.5. The molecular formula is C12H14N2O2. The molecule has 0 atom stereocenters. The highest BCUT2D eigenvalue weighted by Gasteiger charge is 2.14. The minimum Gasteiger partial charge on any atom is -0.326 e. The van der Waals surface area contributed by atoms with Crippen molar-refractivity contribution < 1.29 is 9.59 Å². The summed E-state index contributed by atoms with van der Waals surface area (Å²) in [5.74, 6) is 0.0534. The van der Waals surface area contributed by atoms with Gasteiger partial charge in [0.2, 0.25) is 11.8 Å². The van der Waals surface area contributed by atoms with Crippen LogP contribution in [0.15, 0.2) is 18.2 Å². The van der Waals surface area contributed by atoms with Crippen molar-refractivity contribution in [2.45, 2.75) is 26.2 Å². The van der Waals surface area contributed by atoms with E-state index in [-0.39, 0.29) is 11.8 Å². The lowest BCUT2D eigenvalue weighted by atomic mass is 10.0. The molecule has 1 aliphatic rings. The number of anilines is 2. The van der Waals surface area contributed by atoms with Crippen molar-refractivity contribution in [3.8, 4) is 0 Å². The highest BCUT2D eigenvalue weighted by Crippen LogP contribution is 2.25. The lowest BCUT2D eigenvalue weighted by molar-refractivity contribution is -0.117. The summed E-state index contributed by atoms with van der Waals surface area (Å²) < 4.78 is 0. The number of aryl methyl sites for hydroxylation is 1. The van der Waals surface area contributed by atoms with Gasteiger partial charge >= 0.3 is 0 Å². The minimum atomic E-state index is -0.000190. The van der Waals surface area contributed by atoms with E-state index >= 15 is 0 Å². The molecule has 4 nitrogen and oxygen atoms in total. The highest BCUT2D eigenvalue weighted by atomic mass is 16.2. The molecule has 0 fully saturated rings. The summed E-state index contributed by atoms with van der Waals surface area (Å²) in [6, 6.07) is 5.55. The molecule has 2 rings (SSSR count). The van der Waals surface area contributed by atoms with Gasteiger partial charge in [0.05, 0.1) is 0 Å². The number of hydrogen-bond acceptors (Lipinski definition) is 2. The second-order valence-electron chi connectivity index (χ2n) is 3.82. The smallest absolute Gasteiger partial charge is 0.224 e. The number of benzene rings is 1. The van der Waals surface area contributed by atoms with Crippen molar-refractivity contribution in [1.82, 2.24) is 0 Å². The van der Waals surface area contributed by atoms with Crippen molar-refractivity contribution in [2.24, 2.45) is 0 Å². The molecule has 2 N–H and O–H groups in total. The fourth-order valence-corrected chi connectivity index (χ4v) is 1.71. The van der Waals surface area contributed by atoms with E-state index < -0.39 is 0 Å². The number of nitrogens with one attached hydrogen (secondary N) is 2. The maximum atomic E-state index is 11.2. The Hall–Kier alpha value is -1.84. The third-order valence-electron chi connectivity index (χ3n) is 2.61. The number of hydrogen-bond donors (Lipinski definition) is 2. The van der Waals surface area contributed by atoms with Gasteiger partial charge in [0, 0.05) is 24.2 Å². The topological polar surface area (TPSA) is 58.2 Å². The van der Waals surface area contributed by atoms with Crippen LogP contribution < -0.4 is 10.6 Å². The first-order valence-electron chi connectivity index (χ1n) is 5.41. The fraction of sp³-hybridized carbons (Fsp3) is 0.333. The third kappa shape index (κ3) is 2.21. The Labute approximate surface area is 94.0 Å². The molecule has 0 aliphatic carbocycles. The van der Waals surface area contributed by atoms with E-state index in [0.717, 1.165) is 23.4 Å². The van der Waals surface area contributed by atoms with Crippen molar-refractivity contribution in [3.63, 3.8) is 0 Å². The fourth-order valence-electron chi connectivity index (χ4n) is 1.71. The average molecular weight is 218 g/mol. The van der Waals surface area contributed by atoms with E-state index in [1.54, 1.807) is 6.07 Å². The van der Waals surface area contributed by atoms with Gasteiger partial charge in [-0.2, -0.15) is 0 Å². The van der Waals surface area contributed by atoms with Crippen LogP contribution in [0.25, 0.3) is 0 Å². The minimum absolute atomic E-state index is 0.000190. The summed E-state index contributed by atoms with van der Waals surface area (Å²) in [5.41, 5.74) is 2.72. The van der Waals surface area contributed by atoms with Crippen LogP contribution in [0, 0.1) is 0 Å². The van der Waals surface area contributed by atoms with E-state index in [0.29, 0.717) is 12.8 Å². The Morgan fingerprint density at radius 1 is 1.44 bits per heavy atom. The first-order valence-corrected chi connectivity index (χ1v) is 5.41. The summed E-state index contributed by atoms with van der Waals surface area (Å²) in [5, 5.41) is 5.60. The number of amides is 2. The van der Waals surface area contributed by atoms with Gasteiger partial charge in [-0.3, -0.25) is 9.59 Å². The van der Waals surface area contributed by atoms with E-state index in [9.17, 15) is 9.59 Å². The predicted octanol–water partition coefficient (Wildman–Crippen LogP) is 1.92. The van der Waals surface area contributed by atoms with Crippen LogP contribution in [0.5, 0.6) is 0 Å². The van der Waals surface area contributed by atoms with E-state index in [2.05, 4.69) is 10.6 Å². The molecule has 2 amide bonds. The summed E-state index contributed by atoms with van der Waals surface area (Å²) in [6.45, 7) is 1.81. The molecule has 0 spiro atoms. The van der Waals surface area contributed by atoms with Gasteiger partial charge < -0.3 is 10.6 Å². The van der Waals surface area contributed by atoms with E-state index in [4.69, 9.17) is 0 Å². The first-order chi connectivity index (χ1) is 7.69. The summed E-state index contributed by atoms with van der Waals surface area (Å²) in [7, 11) is 0. The Balaban J connectivity index is 2.19. The van der Waals surface area contributed by atoms with Crippen LogP contribution >= 0.6 is 0 Å². The molecular weight excluding hydrogens is 204 g/mol. The zero-order valence-corrected chi connectivity index (χ0v) is 9.17. The highest BCUT2D eigenvalue weighted by molar-refractivity contribution is 5.95. The van der Waals surface area contributed by atoms with Gasteiger partial charge in [-0.1, -0.05) is 6.92 Å². The van der Waals surface area contributed by atoms with Gasteiger partial charge in [0.1, 0.15) is 0 Å². The largest absolute Gasteiger partial charge is 0.326 e. The van der Waals surface area contributed by atoms with Crippen LogP contribution in [-0.2, 0) is 16.0 Å². The van der Waals surface area contributed by atoms with Crippen LogP contribution in [0.1, 0.15) is 25.3 Å². The number of rotatable bonds is 2. The predicted molar refractivity (Wildman–Crippen MR) is 62.3 cm³/mol. The van der Waals surface area contributed by atoms with Gasteiger partial charge in [-0.25, -0.2) is 0 Å². The maximum absolute atomic E-state index is 11.2. The Morgan fingerprint density at radius 2 is 2.25 bits per heavy atom. The van der Waals surface area contributed by atoms with Crippen LogP contribution in [0.2, 0.25) is 0 Å². The molecule has 0 saturated heterocycles. The summed E-state index contributed by atoms with van der Waals surface area (Å²) >= 11 is 0. The van der Waals surface area contributed by atoms with Crippen LogP contribution in [0.4, 0.5) is 11.4 Å². The zero-order valence-electron chi connectivity index (χ0n) is 9.17. The molecule has 1 aromatic rings. The first kappa shape index (κ1) is 10.7. The second-order valence-corrected chi connectivity index (χ2v) is 3.82. The van der Waals surface area contributed by atoms with Crippen molar-refractivity contribution in [1.29, 1.82) is 0 Å². The maximum Gasteiger partial charge on any atom is 0.224 e. The Bertz CT molecular complexity index is 441. The second kappa shape index (κ2) is 4.35. The quantitative estimate of drug-likeness (QED) is 0.796. The SMILES string of the molecule is CCC(=O)Nc1ccc2c(c1)CCC(=O)N2. The monoisotopic (exact) mass is 218 g/mol. The third-order valence-corrected chi connectivity index (χ3v) is 2.61. The molecule has 4 heteroatoms. The average Bonchev–Trinajstić information content (AvgIpc) is 2.29. The van der Waals surface area contributed by atoms with Crippen molar-refractivity contribution >= 4 is 23.2 Å².